The average Bonchev–Trinajstić information content (AvgIpc) is 1.64. The minimum absolute atomic E-state index is 0.0158. The molecular weight excluding hydrogens is 1480 g/mol. The van der Waals surface area contributed by atoms with Gasteiger partial charge in [0.15, 0.2) is 0 Å². The maximum atomic E-state index is 13.5. The van der Waals surface area contributed by atoms with Crippen molar-refractivity contribution in [3.05, 3.63) is 143 Å². The predicted octanol–water partition coefficient (Wildman–Crippen LogP) is -0.331. The van der Waals surface area contributed by atoms with Gasteiger partial charge in [0.2, 0.25) is 47.3 Å². The SMILES string of the molecule is COCCOCCOCCOCCOCCOCCOCCOCCOCCOCCOCCOCCC(=O)NC[C@H](C(=O)NCC(=O)NCC(=O)N[C@@H](Cc1ccccc1)C(=O)NCC(=O)NCc1ccc(COc2ccc(NC(=O)NCc3ccc4c(c3)CN(C3CCC(=O)NC3=O)C4=O)cc2)cc1)N1C(=O)C=CC1=O. The minimum Gasteiger partial charge on any atom is -0.489 e. The number of nitrogens with zero attached hydrogens (tertiary/aromatic N) is 2. The molecule has 7 rings (SSSR count). The summed E-state index contributed by atoms with van der Waals surface area (Å²) in [7, 11) is 1.63. The Hall–Kier alpha value is -10.2. The number of methoxy groups -OCH3 is 1. The second-order valence-electron chi connectivity index (χ2n) is 25.3. The molecule has 0 aliphatic carbocycles. The van der Waals surface area contributed by atoms with Crippen LogP contribution in [0, 0.1) is 0 Å². The van der Waals surface area contributed by atoms with Gasteiger partial charge in [-0.1, -0.05) is 66.7 Å². The zero-order valence-corrected chi connectivity index (χ0v) is 63.5. The molecule has 0 aromatic heterocycles. The van der Waals surface area contributed by atoms with Crippen LogP contribution in [-0.4, -0.2) is 284 Å². The highest BCUT2D eigenvalue weighted by Gasteiger charge is 2.40. The van der Waals surface area contributed by atoms with Crippen LogP contribution in [0.4, 0.5) is 10.5 Å². The number of hydrogen-bond donors (Lipinski definition) is 9. The average molecular weight is 1580 g/mol. The summed E-state index contributed by atoms with van der Waals surface area (Å²) in [6.45, 7) is 7.65. The maximum absolute atomic E-state index is 13.5. The summed E-state index contributed by atoms with van der Waals surface area (Å²) in [4.78, 5) is 156. The van der Waals surface area contributed by atoms with Crippen molar-refractivity contribution in [3.63, 3.8) is 0 Å². The number of fused-ring (bicyclic) bond motifs is 1. The predicted molar refractivity (Wildman–Crippen MR) is 402 cm³/mol. The fourth-order valence-electron chi connectivity index (χ4n) is 11.0. The summed E-state index contributed by atoms with van der Waals surface area (Å²) in [6, 6.07) is 24.1. The van der Waals surface area contributed by atoms with Crippen molar-refractivity contribution < 1.29 is 119 Å². The van der Waals surface area contributed by atoms with E-state index in [4.69, 9.17) is 61.6 Å². The van der Waals surface area contributed by atoms with Crippen LogP contribution in [0.1, 0.15) is 57.4 Å². The number of carbonyl (C=O) groups excluding carboxylic acids is 12. The molecular formula is C77H103N11O25. The van der Waals surface area contributed by atoms with Gasteiger partial charge < -0.3 is 109 Å². The van der Waals surface area contributed by atoms with Crippen LogP contribution in [0.5, 0.6) is 5.75 Å². The normalized spacial score (nSPS) is 14.3. The smallest absolute Gasteiger partial charge is 0.319 e. The number of piperidine rings is 1. The first-order valence-electron chi connectivity index (χ1n) is 37.2. The first-order valence-corrected chi connectivity index (χ1v) is 37.2. The van der Waals surface area contributed by atoms with Gasteiger partial charge in [0.05, 0.1) is 172 Å². The number of imide groups is 2. The molecule has 36 nitrogen and oxygen atoms in total. The Morgan fingerprint density at radius 1 is 0.478 bits per heavy atom. The van der Waals surface area contributed by atoms with Crippen molar-refractivity contribution in [1.82, 2.24) is 52.3 Å². The number of amides is 13. The second kappa shape index (κ2) is 52.9. The van der Waals surface area contributed by atoms with Crippen LogP contribution >= 0.6 is 0 Å². The van der Waals surface area contributed by atoms with Crippen molar-refractivity contribution in [2.45, 2.75) is 70.0 Å². The van der Waals surface area contributed by atoms with Crippen molar-refractivity contribution >= 4 is 76.7 Å². The van der Waals surface area contributed by atoms with Gasteiger partial charge in [-0.25, -0.2) is 4.79 Å². The second-order valence-corrected chi connectivity index (χ2v) is 25.3. The molecule has 4 aromatic rings. The van der Waals surface area contributed by atoms with Crippen molar-refractivity contribution in [2.24, 2.45) is 0 Å². The van der Waals surface area contributed by atoms with Crippen molar-refractivity contribution in [2.75, 3.05) is 191 Å². The third-order valence-corrected chi connectivity index (χ3v) is 16.9. The number of carbonyl (C=O) groups is 12. The van der Waals surface area contributed by atoms with Crippen LogP contribution in [0.15, 0.2) is 109 Å². The van der Waals surface area contributed by atoms with Crippen LogP contribution in [0.2, 0.25) is 0 Å². The van der Waals surface area contributed by atoms with E-state index in [0.717, 1.165) is 34.4 Å². The van der Waals surface area contributed by atoms with Crippen LogP contribution in [0.25, 0.3) is 0 Å². The van der Waals surface area contributed by atoms with Gasteiger partial charge in [-0.05, 0) is 64.6 Å². The molecule has 3 heterocycles. The molecule has 1 fully saturated rings. The largest absolute Gasteiger partial charge is 0.489 e. The third kappa shape index (κ3) is 35.6. The summed E-state index contributed by atoms with van der Waals surface area (Å²) in [6.07, 6.45) is 2.22. The third-order valence-electron chi connectivity index (χ3n) is 16.9. The van der Waals surface area contributed by atoms with Crippen molar-refractivity contribution in [3.8, 4) is 5.75 Å². The Morgan fingerprint density at radius 3 is 1.50 bits per heavy atom. The molecule has 1 saturated heterocycles. The quantitative estimate of drug-likeness (QED) is 0.0202. The number of benzene rings is 4. The summed E-state index contributed by atoms with van der Waals surface area (Å²) in [5.74, 6) is -6.60. The molecule has 616 valence electrons. The van der Waals surface area contributed by atoms with E-state index in [2.05, 4.69) is 47.9 Å². The minimum atomic E-state index is -1.56. The maximum Gasteiger partial charge on any atom is 0.319 e. The molecule has 3 aliphatic rings. The van der Waals surface area contributed by atoms with E-state index >= 15 is 0 Å². The molecule has 3 atom stereocenters. The molecule has 3 aliphatic heterocycles. The molecule has 13 amide bonds. The molecule has 0 radical (unpaired) electrons. The zero-order chi connectivity index (χ0) is 80.5. The lowest BCUT2D eigenvalue weighted by atomic mass is 10.0. The van der Waals surface area contributed by atoms with Crippen LogP contribution < -0.4 is 52.6 Å². The highest BCUT2D eigenvalue weighted by molar-refractivity contribution is 6.15. The molecule has 113 heavy (non-hydrogen) atoms. The molecule has 9 N–H and O–H groups in total. The first kappa shape index (κ1) is 90.0. The van der Waals surface area contributed by atoms with Gasteiger partial charge in [-0.3, -0.25) is 63.0 Å². The number of rotatable bonds is 59. The van der Waals surface area contributed by atoms with E-state index < -0.39 is 104 Å². The fourth-order valence-corrected chi connectivity index (χ4v) is 11.0. The Bertz CT molecular complexity index is 3670. The lowest BCUT2D eigenvalue weighted by Crippen LogP contribution is -2.56. The highest BCUT2D eigenvalue weighted by atomic mass is 16.6. The number of hydrogen-bond acceptors (Lipinski definition) is 25. The standard InChI is InChI=1S/C77H103N11O25/c1-101-23-24-103-27-28-105-31-32-107-35-36-109-39-40-111-43-44-112-42-41-110-38-37-108-34-33-106-30-29-104-26-25-102-22-21-66(89)79-49-65(88-71(94)19-20-72(88)95)74(97)82-51-69(92)80-52-70(93)85-63(46-55-5-3-2-4-6-55)73(96)81-50-68(91)78-47-56-7-9-57(10-8-56)54-113-61-14-12-60(13-15-61)84-77(100)83-48-58-11-16-62-59(45-58)53-87(76(62)99)64-17-18-67(90)86-75(64)98/h2-16,19-20,45,63-65H,17-18,21-44,46-54H2,1H3,(H,78,91)(H,79,89)(H,80,92)(H,81,96)(H,82,97)(H,85,93)(H2,83,84,100)(H,86,90,98)/t63-,64?,65+/m0/s1. The highest BCUT2D eigenvalue weighted by Crippen LogP contribution is 2.28. The lowest BCUT2D eigenvalue weighted by molar-refractivity contribution is -0.146. The number of anilines is 1. The summed E-state index contributed by atoms with van der Waals surface area (Å²) in [5, 5.41) is 22.9. The molecule has 0 spiro atoms. The number of urea groups is 1. The Morgan fingerprint density at radius 2 is 0.965 bits per heavy atom. The van der Waals surface area contributed by atoms with E-state index in [1.54, 1.807) is 86.0 Å². The summed E-state index contributed by atoms with van der Waals surface area (Å²) < 4.78 is 71.0. The molecule has 0 bridgehead atoms. The van der Waals surface area contributed by atoms with E-state index in [1.807, 2.05) is 18.2 Å². The molecule has 4 aromatic carbocycles. The lowest BCUT2D eigenvalue weighted by Gasteiger charge is -2.29. The van der Waals surface area contributed by atoms with Gasteiger partial charge in [0.1, 0.15) is 30.5 Å². The van der Waals surface area contributed by atoms with Gasteiger partial charge >= 0.3 is 6.03 Å². The molecule has 1 unspecified atom stereocenters. The zero-order valence-electron chi connectivity index (χ0n) is 63.5. The van der Waals surface area contributed by atoms with Gasteiger partial charge in [0.25, 0.3) is 17.7 Å². The van der Waals surface area contributed by atoms with Crippen LogP contribution in [0.3, 0.4) is 0 Å². The van der Waals surface area contributed by atoms with Gasteiger partial charge in [-0.2, -0.15) is 0 Å². The topological polar surface area (TPSA) is 440 Å². The van der Waals surface area contributed by atoms with Crippen LogP contribution in [-0.2, 0) is 137 Å². The molecule has 0 saturated carbocycles. The number of nitrogens with one attached hydrogen (secondary N) is 9. The van der Waals surface area contributed by atoms with Crippen molar-refractivity contribution in [1.29, 1.82) is 0 Å². The fraction of sp³-hybridized carbons (Fsp3) is 0.506. The van der Waals surface area contributed by atoms with E-state index in [-0.39, 0.29) is 83.6 Å². The first-order chi connectivity index (χ1) is 55.0. The van der Waals surface area contributed by atoms with E-state index in [1.165, 1.54) is 4.90 Å². The summed E-state index contributed by atoms with van der Waals surface area (Å²) >= 11 is 0. The van der Waals surface area contributed by atoms with Gasteiger partial charge in [-0.15, -0.1) is 0 Å². The van der Waals surface area contributed by atoms with E-state index in [9.17, 15) is 57.5 Å². The number of ether oxygens (including phenoxy) is 13. The molecule has 36 heteroatoms. The Labute approximate surface area is 654 Å². The Balaban J connectivity index is 0.677. The summed E-state index contributed by atoms with van der Waals surface area (Å²) in [5.41, 5.74) is 4.72. The monoisotopic (exact) mass is 1580 g/mol. The van der Waals surface area contributed by atoms with Gasteiger partial charge in [0, 0.05) is 76.0 Å². The Kier molecular flexibility index (Phi) is 42.1. The van der Waals surface area contributed by atoms with E-state index in [0.29, 0.717) is 160 Å².